The minimum atomic E-state index is -0.559. The van der Waals surface area contributed by atoms with E-state index in [1.165, 1.54) is 0 Å². The molecule has 7 nitrogen and oxygen atoms in total. The Morgan fingerprint density at radius 2 is 2.00 bits per heavy atom. The molecular weight excluding hydrogens is 354 g/mol. The summed E-state index contributed by atoms with van der Waals surface area (Å²) >= 11 is 0. The van der Waals surface area contributed by atoms with Gasteiger partial charge in [0, 0.05) is 35.4 Å². The van der Waals surface area contributed by atoms with Gasteiger partial charge in [0.05, 0.1) is 11.8 Å². The fourth-order valence-corrected chi connectivity index (χ4v) is 2.97. The Morgan fingerprint density at radius 3 is 2.71 bits per heavy atom. The van der Waals surface area contributed by atoms with Gasteiger partial charge >= 0.3 is 0 Å². The molecule has 0 saturated heterocycles. The average Bonchev–Trinajstić information content (AvgIpc) is 3.17. The molecule has 1 atom stereocenters. The quantitative estimate of drug-likeness (QED) is 0.498. The highest BCUT2D eigenvalue weighted by atomic mass is 16.3. The number of carbonyl (C=O) groups excluding carboxylic acids is 1. The van der Waals surface area contributed by atoms with E-state index < -0.39 is 12.0 Å². The van der Waals surface area contributed by atoms with Gasteiger partial charge in [0.15, 0.2) is 11.5 Å². The summed E-state index contributed by atoms with van der Waals surface area (Å²) in [6, 6.07) is 14.5. The minimum Gasteiger partial charge on any atom is -0.389 e. The number of aromatic nitrogens is 3. The lowest BCUT2D eigenvalue weighted by molar-refractivity contribution is 0.100. The van der Waals surface area contributed by atoms with Crippen molar-refractivity contribution >= 4 is 23.1 Å². The van der Waals surface area contributed by atoms with E-state index in [1.807, 2.05) is 53.2 Å². The highest BCUT2D eigenvalue weighted by Crippen LogP contribution is 2.26. The maximum atomic E-state index is 11.3. The SMILES string of the molecule is CC(O)c1cccc(Nc2nc(-c3ccc(C(N)=O)cc3)cn3ccnc23)c1. The highest BCUT2D eigenvalue weighted by molar-refractivity contribution is 5.93. The summed E-state index contributed by atoms with van der Waals surface area (Å²) in [6.45, 7) is 1.72. The average molecular weight is 373 g/mol. The number of imidazole rings is 1. The van der Waals surface area contributed by atoms with Crippen LogP contribution in [0.25, 0.3) is 16.9 Å². The number of nitrogens with two attached hydrogens (primary N) is 1. The smallest absolute Gasteiger partial charge is 0.248 e. The number of anilines is 2. The van der Waals surface area contributed by atoms with E-state index in [4.69, 9.17) is 10.7 Å². The van der Waals surface area contributed by atoms with Gasteiger partial charge in [-0.2, -0.15) is 0 Å². The summed E-state index contributed by atoms with van der Waals surface area (Å²) in [5.74, 6) is 0.120. The Hall–Kier alpha value is -3.71. The van der Waals surface area contributed by atoms with Gasteiger partial charge in [-0.25, -0.2) is 9.97 Å². The second-order valence-corrected chi connectivity index (χ2v) is 6.50. The monoisotopic (exact) mass is 373 g/mol. The maximum Gasteiger partial charge on any atom is 0.248 e. The van der Waals surface area contributed by atoms with Gasteiger partial charge in [-0.3, -0.25) is 4.79 Å². The zero-order chi connectivity index (χ0) is 19.7. The number of primary amides is 1. The molecule has 28 heavy (non-hydrogen) atoms. The molecule has 0 bridgehead atoms. The third-order valence-corrected chi connectivity index (χ3v) is 4.47. The molecule has 2 aromatic heterocycles. The zero-order valence-electron chi connectivity index (χ0n) is 15.2. The molecule has 0 fully saturated rings. The molecular formula is C21H19N5O2. The van der Waals surface area contributed by atoms with Gasteiger partial charge in [0.25, 0.3) is 0 Å². The van der Waals surface area contributed by atoms with Crippen LogP contribution in [0.3, 0.4) is 0 Å². The lowest BCUT2D eigenvalue weighted by Gasteiger charge is -2.12. The number of nitrogens with one attached hydrogen (secondary N) is 1. The Kier molecular flexibility index (Phi) is 4.50. The van der Waals surface area contributed by atoms with Crippen molar-refractivity contribution in [2.75, 3.05) is 5.32 Å². The number of fused-ring (bicyclic) bond motifs is 1. The van der Waals surface area contributed by atoms with Crippen molar-refractivity contribution in [2.24, 2.45) is 5.73 Å². The summed E-state index contributed by atoms with van der Waals surface area (Å²) in [6.07, 6.45) is 4.86. The van der Waals surface area contributed by atoms with E-state index in [0.717, 1.165) is 22.5 Å². The lowest BCUT2D eigenvalue weighted by Crippen LogP contribution is -2.10. The lowest BCUT2D eigenvalue weighted by atomic mass is 10.1. The summed E-state index contributed by atoms with van der Waals surface area (Å²) in [4.78, 5) is 20.4. The van der Waals surface area contributed by atoms with E-state index in [2.05, 4.69) is 10.3 Å². The van der Waals surface area contributed by atoms with Crippen molar-refractivity contribution in [3.63, 3.8) is 0 Å². The predicted octanol–water partition coefficient (Wildman–Crippen LogP) is 3.29. The third kappa shape index (κ3) is 3.43. The van der Waals surface area contributed by atoms with Crippen LogP contribution in [0.1, 0.15) is 28.9 Å². The number of hydrogen-bond acceptors (Lipinski definition) is 5. The maximum absolute atomic E-state index is 11.3. The summed E-state index contributed by atoms with van der Waals surface area (Å²) < 4.78 is 1.88. The molecule has 0 radical (unpaired) electrons. The Labute approximate surface area is 161 Å². The van der Waals surface area contributed by atoms with Crippen molar-refractivity contribution in [2.45, 2.75) is 13.0 Å². The zero-order valence-corrected chi connectivity index (χ0v) is 15.2. The van der Waals surface area contributed by atoms with Crippen molar-refractivity contribution < 1.29 is 9.90 Å². The molecule has 0 aliphatic heterocycles. The molecule has 140 valence electrons. The molecule has 0 aliphatic rings. The van der Waals surface area contributed by atoms with Crippen LogP contribution in [-0.4, -0.2) is 25.4 Å². The molecule has 0 saturated carbocycles. The molecule has 0 aliphatic carbocycles. The number of aliphatic hydroxyl groups excluding tert-OH is 1. The predicted molar refractivity (Wildman–Crippen MR) is 107 cm³/mol. The van der Waals surface area contributed by atoms with Crippen LogP contribution >= 0.6 is 0 Å². The van der Waals surface area contributed by atoms with Crippen molar-refractivity contribution in [3.8, 4) is 11.3 Å². The van der Waals surface area contributed by atoms with Crippen LogP contribution in [-0.2, 0) is 0 Å². The van der Waals surface area contributed by atoms with Gasteiger partial charge in [-0.1, -0.05) is 24.3 Å². The largest absolute Gasteiger partial charge is 0.389 e. The topological polar surface area (TPSA) is 106 Å². The molecule has 4 rings (SSSR count). The molecule has 4 aromatic rings. The van der Waals surface area contributed by atoms with E-state index in [1.54, 1.807) is 25.3 Å². The van der Waals surface area contributed by atoms with Crippen LogP contribution in [0.5, 0.6) is 0 Å². The van der Waals surface area contributed by atoms with Crippen molar-refractivity contribution in [1.82, 2.24) is 14.4 Å². The first-order chi connectivity index (χ1) is 13.5. The summed E-state index contributed by atoms with van der Waals surface area (Å²) in [5, 5.41) is 13.1. The van der Waals surface area contributed by atoms with Crippen LogP contribution in [0, 0.1) is 0 Å². The van der Waals surface area contributed by atoms with E-state index in [9.17, 15) is 9.90 Å². The van der Waals surface area contributed by atoms with Crippen LogP contribution in [0.15, 0.2) is 67.1 Å². The van der Waals surface area contributed by atoms with Crippen LogP contribution in [0.4, 0.5) is 11.5 Å². The first-order valence-electron chi connectivity index (χ1n) is 8.80. The number of hydrogen-bond donors (Lipinski definition) is 3. The Morgan fingerprint density at radius 1 is 1.21 bits per heavy atom. The van der Waals surface area contributed by atoms with Gasteiger partial charge < -0.3 is 20.6 Å². The number of benzene rings is 2. The van der Waals surface area contributed by atoms with Gasteiger partial charge in [0.1, 0.15) is 0 Å². The van der Waals surface area contributed by atoms with E-state index >= 15 is 0 Å². The van der Waals surface area contributed by atoms with Gasteiger partial charge in [-0.05, 0) is 36.8 Å². The second-order valence-electron chi connectivity index (χ2n) is 6.50. The third-order valence-electron chi connectivity index (χ3n) is 4.47. The standard InChI is InChI=1S/C21H19N5O2/c1-13(27)16-3-2-4-17(11-16)24-20-21-23-9-10-26(21)12-18(25-20)14-5-7-15(8-6-14)19(22)28/h2-13,27H,1H3,(H2,22,28)(H,24,25). The second kappa shape index (κ2) is 7.13. The fourth-order valence-electron chi connectivity index (χ4n) is 2.97. The van der Waals surface area contributed by atoms with Gasteiger partial charge in [-0.15, -0.1) is 0 Å². The number of aliphatic hydroxyl groups is 1. The Bertz CT molecular complexity index is 1150. The van der Waals surface area contributed by atoms with E-state index in [-0.39, 0.29) is 0 Å². The summed E-state index contributed by atoms with van der Waals surface area (Å²) in [7, 11) is 0. The van der Waals surface area contributed by atoms with E-state index in [0.29, 0.717) is 17.0 Å². The highest BCUT2D eigenvalue weighted by Gasteiger charge is 2.11. The normalized spacial score (nSPS) is 12.1. The molecule has 0 spiro atoms. The van der Waals surface area contributed by atoms with Crippen LogP contribution < -0.4 is 11.1 Å². The number of nitrogens with zero attached hydrogens (tertiary/aromatic N) is 3. The summed E-state index contributed by atoms with van der Waals surface area (Å²) in [5.41, 5.74) is 9.61. The van der Waals surface area contributed by atoms with Crippen molar-refractivity contribution in [1.29, 1.82) is 0 Å². The van der Waals surface area contributed by atoms with Crippen LogP contribution in [0.2, 0.25) is 0 Å². The first kappa shape index (κ1) is 17.7. The molecule has 1 amide bonds. The molecule has 2 aromatic carbocycles. The fraction of sp³-hybridized carbons (Fsp3) is 0.0952. The first-order valence-corrected chi connectivity index (χ1v) is 8.80. The Balaban J connectivity index is 1.75. The molecule has 1 unspecified atom stereocenters. The molecule has 7 heteroatoms. The molecule has 4 N–H and O–H groups in total. The number of rotatable bonds is 5. The number of amides is 1. The number of carbonyl (C=O) groups is 1. The minimum absolute atomic E-state index is 0.445. The van der Waals surface area contributed by atoms with Gasteiger partial charge in [0.2, 0.25) is 5.91 Å². The molecule has 2 heterocycles. The van der Waals surface area contributed by atoms with Crippen molar-refractivity contribution in [3.05, 3.63) is 78.2 Å².